The minimum Gasteiger partial charge on any atom is -0.457 e. The number of rotatable bonds is 43. The molecule has 0 fully saturated rings. The van der Waals surface area contributed by atoms with E-state index in [0.29, 0.717) is 24.1 Å². The molecule has 358 valence electrons. The van der Waals surface area contributed by atoms with Crippen LogP contribution < -0.4 is 0 Å². The normalized spacial score (nSPS) is 14.7. The molecule has 0 amide bonds. The van der Waals surface area contributed by atoms with Crippen LogP contribution in [0, 0.1) is 0 Å². The molecule has 9 heteroatoms. The Balaban J connectivity index is 4.28. The minimum absolute atomic E-state index is 0.0718. The highest BCUT2D eigenvalue weighted by Gasteiger charge is 2.26. The van der Waals surface area contributed by atoms with E-state index >= 15 is 0 Å². The Hall–Kier alpha value is -3.10. The fraction of sp³-hybridized carbons (Fsp3) is 0.611. The highest BCUT2D eigenvalue weighted by molar-refractivity contribution is 7.47. The number of phosphoric ester groups is 1. The molecule has 63 heavy (non-hydrogen) atoms. The summed E-state index contributed by atoms with van der Waals surface area (Å²) in [4.78, 5) is 22.9. The molecule has 0 heterocycles. The van der Waals surface area contributed by atoms with Crippen LogP contribution in [0.15, 0.2) is 122 Å². The molecule has 1 N–H and O–H groups in total. The highest BCUT2D eigenvalue weighted by Crippen LogP contribution is 2.43. The number of allylic oxidation sites excluding steroid dienone is 20. The fourth-order valence-corrected chi connectivity index (χ4v) is 6.58. The van der Waals surface area contributed by atoms with Gasteiger partial charge in [0.2, 0.25) is 0 Å². The molecule has 0 bridgehead atoms. The van der Waals surface area contributed by atoms with Crippen molar-refractivity contribution in [1.82, 2.24) is 0 Å². The van der Waals surface area contributed by atoms with Crippen LogP contribution in [0.1, 0.15) is 155 Å². The van der Waals surface area contributed by atoms with Crippen molar-refractivity contribution < 1.29 is 37.3 Å². The van der Waals surface area contributed by atoms with Crippen LogP contribution >= 0.6 is 7.82 Å². The third-order valence-electron chi connectivity index (χ3n) is 9.52. The van der Waals surface area contributed by atoms with E-state index in [-0.39, 0.29) is 25.8 Å². The predicted octanol–water partition coefficient (Wildman–Crippen LogP) is 14.9. The standard InChI is InChI=1S/C54H90NO7P/c1-6-8-10-12-14-16-18-20-22-23-24-25-26-27-28-29-30-31-32-34-36-38-40-42-44-46-49-59-51-53(52-61-63(57,58)60-50-48-55(3,4)5)62-54(56)47-45-43-41-39-37-35-33-21-19-17-15-13-11-9-7-2/h8-11,14-17,20-22,24-25,27-28,30-31,33-34,36,53H,6-7,12-13,18-19,23,26,29,32,35,37-52H2,1-5H3/p+1/b10-8-,11-9-,16-14-,17-15-,22-20-,25-24-,28-27-,31-30-,33-21-,36-34-. The van der Waals surface area contributed by atoms with E-state index in [1.807, 2.05) is 21.1 Å². The maximum Gasteiger partial charge on any atom is 0.472 e. The van der Waals surface area contributed by atoms with Crippen LogP contribution in [0.2, 0.25) is 0 Å². The smallest absolute Gasteiger partial charge is 0.457 e. The monoisotopic (exact) mass is 897 g/mol. The first-order chi connectivity index (χ1) is 30.6. The SMILES string of the molecule is CC/C=C\C/C=C\C/C=C\C/C=C\C/C=C\C/C=C\C/C=C\CCCCCCOCC(COP(=O)(O)OCC[N+](C)(C)C)OC(=O)CCCCCCC/C=C\C/C=C\C/C=C\CC. The number of hydrogen-bond donors (Lipinski definition) is 1. The average Bonchev–Trinajstić information content (AvgIpc) is 3.24. The van der Waals surface area contributed by atoms with E-state index in [0.717, 1.165) is 135 Å². The molecule has 0 aliphatic heterocycles. The van der Waals surface area contributed by atoms with Gasteiger partial charge in [0.25, 0.3) is 0 Å². The number of hydrogen-bond acceptors (Lipinski definition) is 6. The maximum atomic E-state index is 12.7. The molecule has 0 saturated heterocycles. The van der Waals surface area contributed by atoms with Crippen LogP contribution in [0.25, 0.3) is 0 Å². The number of esters is 1. The summed E-state index contributed by atoms with van der Waals surface area (Å²) in [5, 5.41) is 0. The van der Waals surface area contributed by atoms with Crippen molar-refractivity contribution in [2.75, 3.05) is 54.1 Å². The molecule has 0 aromatic rings. The second-order valence-corrected chi connectivity index (χ2v) is 18.2. The van der Waals surface area contributed by atoms with Crippen molar-refractivity contribution >= 4 is 13.8 Å². The molecule has 2 unspecified atom stereocenters. The quantitative estimate of drug-likeness (QED) is 0.0214. The van der Waals surface area contributed by atoms with Crippen LogP contribution in [0.4, 0.5) is 0 Å². The van der Waals surface area contributed by atoms with E-state index in [9.17, 15) is 14.3 Å². The zero-order chi connectivity index (χ0) is 46.2. The summed E-state index contributed by atoms with van der Waals surface area (Å²) in [5.74, 6) is -0.346. The number of unbranched alkanes of at least 4 members (excludes halogenated alkanes) is 9. The summed E-state index contributed by atoms with van der Waals surface area (Å²) in [7, 11) is 1.61. The number of likely N-dealkylation sites (N-methyl/N-ethyl adjacent to an activating group) is 1. The van der Waals surface area contributed by atoms with Crippen LogP contribution in [0.5, 0.6) is 0 Å². The van der Waals surface area contributed by atoms with E-state index in [1.54, 1.807) is 0 Å². The molecular weight excluding hydrogens is 806 g/mol. The Labute approximate surface area is 386 Å². The zero-order valence-electron chi connectivity index (χ0n) is 40.5. The summed E-state index contributed by atoms with van der Waals surface area (Å²) in [5.41, 5.74) is 0. The summed E-state index contributed by atoms with van der Waals surface area (Å²) >= 11 is 0. The van der Waals surface area contributed by atoms with Crippen LogP contribution in [0.3, 0.4) is 0 Å². The molecule has 0 spiro atoms. The molecule has 0 radical (unpaired) electrons. The van der Waals surface area contributed by atoms with Crippen molar-refractivity contribution in [3.63, 3.8) is 0 Å². The lowest BCUT2D eigenvalue weighted by Crippen LogP contribution is -2.37. The van der Waals surface area contributed by atoms with E-state index in [2.05, 4.69) is 135 Å². The molecule has 0 saturated carbocycles. The topological polar surface area (TPSA) is 91.3 Å². The zero-order valence-corrected chi connectivity index (χ0v) is 41.4. The van der Waals surface area contributed by atoms with Gasteiger partial charge >= 0.3 is 13.8 Å². The van der Waals surface area contributed by atoms with Crippen molar-refractivity contribution in [3.05, 3.63) is 122 Å². The number of nitrogens with zero attached hydrogens (tertiary/aromatic N) is 1. The van der Waals surface area contributed by atoms with Crippen molar-refractivity contribution in [1.29, 1.82) is 0 Å². The first-order valence-electron chi connectivity index (χ1n) is 24.3. The average molecular weight is 897 g/mol. The van der Waals surface area contributed by atoms with Crippen molar-refractivity contribution in [3.8, 4) is 0 Å². The first kappa shape index (κ1) is 59.9. The van der Waals surface area contributed by atoms with Crippen molar-refractivity contribution in [2.24, 2.45) is 0 Å². The minimum atomic E-state index is -4.30. The van der Waals surface area contributed by atoms with Crippen molar-refractivity contribution in [2.45, 2.75) is 161 Å². The van der Waals surface area contributed by atoms with Gasteiger partial charge in [0, 0.05) is 13.0 Å². The fourth-order valence-electron chi connectivity index (χ4n) is 5.84. The second-order valence-electron chi connectivity index (χ2n) is 16.7. The number of quaternary nitrogens is 1. The lowest BCUT2D eigenvalue weighted by Gasteiger charge is -2.24. The van der Waals surface area contributed by atoms with Gasteiger partial charge in [0.1, 0.15) is 19.3 Å². The molecule has 0 aliphatic rings. The molecular formula is C54H91NO7P+. The van der Waals surface area contributed by atoms with E-state index in [1.165, 1.54) is 0 Å². The van der Waals surface area contributed by atoms with E-state index in [4.69, 9.17) is 18.5 Å². The van der Waals surface area contributed by atoms with E-state index < -0.39 is 13.9 Å². The Kier molecular flexibility index (Phi) is 43.2. The molecule has 8 nitrogen and oxygen atoms in total. The Bertz CT molecular complexity index is 1410. The summed E-state index contributed by atoms with van der Waals surface area (Å²) in [6.07, 6.45) is 65.3. The van der Waals surface area contributed by atoms with Crippen LogP contribution in [-0.4, -0.2) is 75.6 Å². The van der Waals surface area contributed by atoms with Gasteiger partial charge in [-0.15, -0.1) is 0 Å². The molecule has 0 rings (SSSR count). The van der Waals surface area contributed by atoms with Gasteiger partial charge in [0.15, 0.2) is 0 Å². The highest BCUT2D eigenvalue weighted by atomic mass is 31.2. The number of carbonyl (C=O) groups is 1. The molecule has 0 aromatic heterocycles. The first-order valence-corrected chi connectivity index (χ1v) is 25.8. The molecule has 2 atom stereocenters. The summed E-state index contributed by atoms with van der Waals surface area (Å²) in [6.45, 7) is 5.27. The Morgan fingerprint density at radius 1 is 0.492 bits per heavy atom. The van der Waals surface area contributed by atoms with Gasteiger partial charge in [-0.25, -0.2) is 4.57 Å². The number of ether oxygens (including phenoxy) is 2. The van der Waals surface area contributed by atoms with Gasteiger partial charge < -0.3 is 18.9 Å². The molecule has 0 aliphatic carbocycles. The van der Waals surface area contributed by atoms with Gasteiger partial charge in [0.05, 0.1) is 34.4 Å². The predicted molar refractivity (Wildman–Crippen MR) is 270 cm³/mol. The number of carbonyl (C=O) groups excluding carboxylic acids is 1. The van der Waals surface area contributed by atoms with Gasteiger partial charge in [-0.3, -0.25) is 13.8 Å². The maximum absolute atomic E-state index is 12.7. The van der Waals surface area contributed by atoms with Gasteiger partial charge in [-0.1, -0.05) is 167 Å². The second kappa shape index (κ2) is 45.5. The van der Waals surface area contributed by atoms with Crippen LogP contribution in [-0.2, 0) is 27.9 Å². The third-order valence-corrected chi connectivity index (χ3v) is 10.5. The summed E-state index contributed by atoms with van der Waals surface area (Å²) in [6, 6.07) is 0. The summed E-state index contributed by atoms with van der Waals surface area (Å²) < 4.78 is 35.0. The lowest BCUT2D eigenvalue weighted by atomic mass is 10.1. The largest absolute Gasteiger partial charge is 0.472 e. The Morgan fingerprint density at radius 2 is 0.873 bits per heavy atom. The van der Waals surface area contributed by atoms with Gasteiger partial charge in [-0.2, -0.15) is 0 Å². The Morgan fingerprint density at radius 3 is 1.30 bits per heavy atom. The molecule has 0 aromatic carbocycles. The van der Waals surface area contributed by atoms with Gasteiger partial charge in [-0.05, 0) is 103 Å². The lowest BCUT2D eigenvalue weighted by molar-refractivity contribution is -0.870. The third kappa shape index (κ3) is 49.8. The number of phosphoric acid groups is 1.